The van der Waals surface area contributed by atoms with E-state index in [1.165, 1.54) is 18.2 Å². The Kier molecular flexibility index (Phi) is 3.86. The molecule has 1 aromatic carbocycles. The van der Waals surface area contributed by atoms with Gasteiger partial charge in [-0.1, -0.05) is 11.6 Å². The van der Waals surface area contributed by atoms with Crippen LogP contribution in [-0.2, 0) is 0 Å². The Labute approximate surface area is 87.9 Å². The number of hydrogen-bond donors (Lipinski definition) is 1. The average Bonchev–Trinajstić information content (AvgIpc) is 2.08. The number of aliphatic hydroxyl groups excluding tert-OH is 1. The Bertz CT molecular complexity index is 317. The molecule has 78 valence electrons. The highest BCUT2D eigenvalue weighted by molar-refractivity contribution is 6.31. The summed E-state index contributed by atoms with van der Waals surface area (Å²) in [6.45, 7) is 0.420. The summed E-state index contributed by atoms with van der Waals surface area (Å²) in [6.07, 6.45) is -0.756. The van der Waals surface area contributed by atoms with Crippen LogP contribution in [0, 0.1) is 5.82 Å². The zero-order valence-corrected chi connectivity index (χ0v) is 8.92. The van der Waals surface area contributed by atoms with Crippen LogP contribution in [0.25, 0.3) is 0 Å². The summed E-state index contributed by atoms with van der Waals surface area (Å²) < 4.78 is 12.9. The fourth-order valence-electron chi connectivity index (χ4n) is 1.21. The van der Waals surface area contributed by atoms with Crippen molar-refractivity contribution in [1.29, 1.82) is 0 Å². The highest BCUT2D eigenvalue weighted by Gasteiger charge is 2.13. The molecule has 0 heterocycles. The van der Waals surface area contributed by atoms with Crippen LogP contribution in [0.15, 0.2) is 18.2 Å². The van der Waals surface area contributed by atoms with Gasteiger partial charge in [0, 0.05) is 17.1 Å². The number of benzene rings is 1. The molecular formula is C10H13ClFNO. The van der Waals surface area contributed by atoms with Gasteiger partial charge < -0.3 is 10.0 Å². The smallest absolute Gasteiger partial charge is 0.123 e. The van der Waals surface area contributed by atoms with Crippen molar-refractivity contribution in [3.8, 4) is 0 Å². The molecule has 0 aliphatic rings. The molecule has 0 saturated heterocycles. The summed E-state index contributed by atoms with van der Waals surface area (Å²) in [5.74, 6) is -0.387. The predicted molar refractivity (Wildman–Crippen MR) is 54.9 cm³/mol. The van der Waals surface area contributed by atoms with Crippen LogP contribution in [0.1, 0.15) is 11.7 Å². The lowest BCUT2D eigenvalue weighted by molar-refractivity contribution is 0.138. The number of halogens is 2. The van der Waals surface area contributed by atoms with Crippen LogP contribution in [0.2, 0.25) is 5.02 Å². The summed E-state index contributed by atoms with van der Waals surface area (Å²) in [5, 5.41) is 10.1. The molecule has 0 fully saturated rings. The van der Waals surface area contributed by atoms with Gasteiger partial charge in [0.05, 0.1) is 6.10 Å². The molecule has 1 N–H and O–H groups in total. The monoisotopic (exact) mass is 217 g/mol. The Morgan fingerprint density at radius 1 is 1.50 bits per heavy atom. The van der Waals surface area contributed by atoms with Crippen LogP contribution < -0.4 is 0 Å². The first-order chi connectivity index (χ1) is 6.50. The van der Waals surface area contributed by atoms with Crippen LogP contribution in [-0.4, -0.2) is 30.6 Å². The van der Waals surface area contributed by atoms with E-state index in [-0.39, 0.29) is 5.82 Å². The first-order valence-electron chi connectivity index (χ1n) is 4.28. The van der Waals surface area contributed by atoms with Gasteiger partial charge in [-0.05, 0) is 32.3 Å². The quantitative estimate of drug-likeness (QED) is 0.838. The molecule has 0 bridgehead atoms. The topological polar surface area (TPSA) is 23.5 Å². The van der Waals surface area contributed by atoms with Crippen LogP contribution in [0.4, 0.5) is 4.39 Å². The van der Waals surface area contributed by atoms with Gasteiger partial charge in [0.15, 0.2) is 0 Å². The van der Waals surface area contributed by atoms with E-state index in [4.69, 9.17) is 11.6 Å². The molecule has 0 saturated carbocycles. The summed E-state index contributed by atoms with van der Waals surface area (Å²) in [5.41, 5.74) is 0.431. The van der Waals surface area contributed by atoms with Gasteiger partial charge in [-0.2, -0.15) is 0 Å². The van der Waals surface area contributed by atoms with E-state index < -0.39 is 6.10 Å². The molecule has 0 aliphatic heterocycles. The Balaban J connectivity index is 2.88. The van der Waals surface area contributed by atoms with E-state index in [9.17, 15) is 9.50 Å². The second-order valence-corrected chi connectivity index (χ2v) is 3.85. The molecule has 1 aromatic rings. The number of nitrogens with zero attached hydrogens (tertiary/aromatic N) is 1. The summed E-state index contributed by atoms with van der Waals surface area (Å²) in [7, 11) is 3.66. The molecule has 0 spiro atoms. The van der Waals surface area contributed by atoms with Gasteiger partial charge in [0.1, 0.15) is 5.82 Å². The number of rotatable bonds is 3. The highest BCUT2D eigenvalue weighted by atomic mass is 35.5. The molecule has 0 aliphatic carbocycles. The van der Waals surface area contributed by atoms with Crippen molar-refractivity contribution in [3.63, 3.8) is 0 Å². The van der Waals surface area contributed by atoms with Crippen LogP contribution in [0.5, 0.6) is 0 Å². The molecule has 0 aromatic heterocycles. The Hall–Kier alpha value is -0.640. The van der Waals surface area contributed by atoms with E-state index in [2.05, 4.69) is 0 Å². The van der Waals surface area contributed by atoms with Gasteiger partial charge >= 0.3 is 0 Å². The van der Waals surface area contributed by atoms with E-state index in [0.29, 0.717) is 17.1 Å². The summed E-state index contributed by atoms with van der Waals surface area (Å²) >= 11 is 5.83. The van der Waals surface area contributed by atoms with Gasteiger partial charge in [0.25, 0.3) is 0 Å². The first-order valence-corrected chi connectivity index (χ1v) is 4.66. The second kappa shape index (κ2) is 4.73. The van der Waals surface area contributed by atoms with Gasteiger partial charge in [-0.15, -0.1) is 0 Å². The van der Waals surface area contributed by atoms with Gasteiger partial charge in [-0.3, -0.25) is 0 Å². The largest absolute Gasteiger partial charge is 0.387 e. The number of likely N-dealkylation sites (N-methyl/N-ethyl adjacent to an activating group) is 1. The molecule has 2 nitrogen and oxygen atoms in total. The third-order valence-electron chi connectivity index (χ3n) is 1.86. The molecular weight excluding hydrogens is 205 g/mol. The maximum atomic E-state index is 12.9. The lowest BCUT2D eigenvalue weighted by Crippen LogP contribution is -2.20. The Morgan fingerprint density at radius 3 is 2.71 bits per heavy atom. The van der Waals surface area contributed by atoms with Crippen molar-refractivity contribution in [3.05, 3.63) is 34.6 Å². The minimum Gasteiger partial charge on any atom is -0.387 e. The third kappa shape index (κ3) is 2.94. The normalized spacial score (nSPS) is 13.3. The lowest BCUT2D eigenvalue weighted by atomic mass is 10.1. The molecule has 1 rings (SSSR count). The zero-order valence-electron chi connectivity index (χ0n) is 8.17. The van der Waals surface area contributed by atoms with Crippen molar-refractivity contribution in [1.82, 2.24) is 4.90 Å². The minimum atomic E-state index is -0.756. The fraction of sp³-hybridized carbons (Fsp3) is 0.400. The van der Waals surface area contributed by atoms with Crippen molar-refractivity contribution in [2.24, 2.45) is 0 Å². The minimum absolute atomic E-state index is 0.387. The molecule has 4 heteroatoms. The average molecular weight is 218 g/mol. The zero-order chi connectivity index (χ0) is 10.7. The van der Waals surface area contributed by atoms with Crippen molar-refractivity contribution in [2.75, 3.05) is 20.6 Å². The third-order valence-corrected chi connectivity index (χ3v) is 2.20. The van der Waals surface area contributed by atoms with Crippen molar-refractivity contribution < 1.29 is 9.50 Å². The van der Waals surface area contributed by atoms with Crippen LogP contribution >= 0.6 is 11.6 Å². The van der Waals surface area contributed by atoms with E-state index >= 15 is 0 Å². The maximum Gasteiger partial charge on any atom is 0.123 e. The standard InChI is InChI=1S/C10H13ClFNO/c1-13(2)6-10(14)8-5-7(12)3-4-9(8)11/h3-5,10,14H,6H2,1-2H3. The molecule has 1 atom stereocenters. The summed E-state index contributed by atoms with van der Waals surface area (Å²) in [4.78, 5) is 1.81. The molecule has 0 amide bonds. The summed E-state index contributed by atoms with van der Waals surface area (Å²) in [6, 6.07) is 3.98. The molecule has 0 radical (unpaired) electrons. The Morgan fingerprint density at radius 2 is 2.14 bits per heavy atom. The van der Waals surface area contributed by atoms with E-state index in [0.717, 1.165) is 0 Å². The maximum absolute atomic E-state index is 12.9. The highest BCUT2D eigenvalue weighted by Crippen LogP contribution is 2.24. The predicted octanol–water partition coefficient (Wildman–Crippen LogP) is 2.07. The molecule has 14 heavy (non-hydrogen) atoms. The van der Waals surface area contributed by atoms with Crippen molar-refractivity contribution in [2.45, 2.75) is 6.10 Å². The SMILES string of the molecule is CN(C)CC(O)c1cc(F)ccc1Cl. The number of hydrogen-bond acceptors (Lipinski definition) is 2. The fourth-order valence-corrected chi connectivity index (χ4v) is 1.46. The second-order valence-electron chi connectivity index (χ2n) is 3.44. The first kappa shape index (κ1) is 11.4. The van der Waals surface area contributed by atoms with E-state index in [1.54, 1.807) is 0 Å². The lowest BCUT2D eigenvalue weighted by Gasteiger charge is -2.17. The van der Waals surface area contributed by atoms with Gasteiger partial charge in [0.2, 0.25) is 0 Å². The number of aliphatic hydroxyl groups is 1. The van der Waals surface area contributed by atoms with Gasteiger partial charge in [-0.25, -0.2) is 4.39 Å². The van der Waals surface area contributed by atoms with Crippen LogP contribution in [0.3, 0.4) is 0 Å². The van der Waals surface area contributed by atoms with Crippen molar-refractivity contribution >= 4 is 11.6 Å². The van der Waals surface area contributed by atoms with E-state index in [1.807, 2.05) is 19.0 Å². The molecule has 1 unspecified atom stereocenters.